The van der Waals surface area contributed by atoms with Gasteiger partial charge in [0.05, 0.1) is 11.3 Å². The summed E-state index contributed by atoms with van der Waals surface area (Å²) in [6.45, 7) is 0. The molecule has 12 aliphatic rings. The number of hydrogen-bond acceptors (Lipinski definition) is 4. The van der Waals surface area contributed by atoms with Crippen molar-refractivity contribution < 1.29 is 19.7 Å². The Morgan fingerprint density at radius 2 is 1.13 bits per heavy atom. The zero-order chi connectivity index (χ0) is 36.2. The number of anilines is 1. The van der Waals surface area contributed by atoms with Crippen LogP contribution in [0.3, 0.4) is 0 Å². The Labute approximate surface area is 320 Å². The molecule has 0 heterocycles. The van der Waals surface area contributed by atoms with Crippen molar-refractivity contribution in [2.45, 2.75) is 126 Å². The summed E-state index contributed by atoms with van der Waals surface area (Å²) in [5.41, 5.74) is 12.8. The summed E-state index contributed by atoms with van der Waals surface area (Å²) in [5.74, 6) is 8.19. The SMILES string of the molecule is Nc1ccc(Oc2ccc(C34CC5CC(C3)CC(C36CC7CC(CC(c8ccc(C(=O)O)cc8)(C7)C3)C6)(C5)C4)c(C3C4CC5CC(C4)CC3C5)c2)cc1O. The maximum Gasteiger partial charge on any atom is 0.335 e. The highest BCUT2D eigenvalue weighted by molar-refractivity contribution is 5.87. The smallest absolute Gasteiger partial charge is 0.335 e. The minimum Gasteiger partial charge on any atom is -0.506 e. The first kappa shape index (κ1) is 32.7. The Morgan fingerprint density at radius 3 is 1.70 bits per heavy atom. The van der Waals surface area contributed by atoms with Crippen molar-refractivity contribution in [2.75, 3.05) is 5.73 Å². The van der Waals surface area contributed by atoms with Crippen LogP contribution < -0.4 is 10.5 Å². The molecule has 0 aliphatic heterocycles. The van der Waals surface area contributed by atoms with Gasteiger partial charge < -0.3 is 20.7 Å². The lowest BCUT2D eigenvalue weighted by atomic mass is 9.30. The van der Waals surface area contributed by atoms with Gasteiger partial charge in [-0.2, -0.15) is 0 Å². The van der Waals surface area contributed by atoms with Gasteiger partial charge in [0.2, 0.25) is 0 Å². The summed E-state index contributed by atoms with van der Waals surface area (Å²) in [6.07, 6.45) is 23.7. The van der Waals surface area contributed by atoms with Crippen molar-refractivity contribution in [2.24, 2.45) is 58.2 Å². The Bertz CT molecular complexity index is 1990. The van der Waals surface area contributed by atoms with Crippen LogP contribution in [0.2, 0.25) is 0 Å². The van der Waals surface area contributed by atoms with E-state index in [9.17, 15) is 15.0 Å². The Morgan fingerprint density at radius 1 is 0.611 bits per heavy atom. The number of nitrogen functional groups attached to an aromatic ring is 1. The molecule has 4 atom stereocenters. The van der Waals surface area contributed by atoms with Gasteiger partial charge in [-0.15, -0.1) is 0 Å². The second kappa shape index (κ2) is 11.1. The predicted octanol–water partition coefficient (Wildman–Crippen LogP) is 11.4. The van der Waals surface area contributed by atoms with Crippen LogP contribution in [0.1, 0.15) is 142 Å². The third-order valence-corrected chi connectivity index (χ3v) is 18.4. The van der Waals surface area contributed by atoms with Gasteiger partial charge in [0.1, 0.15) is 17.2 Å². The maximum atomic E-state index is 11.8. The molecule has 12 bridgehead atoms. The number of rotatable bonds is 7. The van der Waals surface area contributed by atoms with Crippen molar-refractivity contribution in [1.29, 1.82) is 0 Å². The Kier molecular flexibility index (Phi) is 6.73. The number of phenolic OH excluding ortho intramolecular Hbond substituents is 1. The molecule has 282 valence electrons. The van der Waals surface area contributed by atoms with Crippen molar-refractivity contribution in [1.82, 2.24) is 0 Å². The lowest BCUT2D eigenvalue weighted by Crippen LogP contribution is -2.66. The van der Waals surface area contributed by atoms with Gasteiger partial charge in [-0.3, -0.25) is 0 Å². The number of benzene rings is 3. The van der Waals surface area contributed by atoms with Crippen LogP contribution in [-0.2, 0) is 10.8 Å². The highest BCUT2D eigenvalue weighted by Crippen LogP contribution is 2.79. The zero-order valence-electron chi connectivity index (χ0n) is 31.8. The number of nitrogens with two attached hydrogens (primary N) is 1. The molecule has 0 radical (unpaired) electrons. The third kappa shape index (κ3) is 4.65. The van der Waals surface area contributed by atoms with Crippen molar-refractivity contribution in [3.05, 3.63) is 82.9 Å². The Balaban J connectivity index is 0.951. The number of phenols is 1. The van der Waals surface area contributed by atoms with E-state index in [0.29, 0.717) is 33.7 Å². The first-order valence-electron chi connectivity index (χ1n) is 21.8. The molecular weight excluding hydrogens is 667 g/mol. The molecule has 5 nitrogen and oxygen atoms in total. The average Bonchev–Trinajstić information content (AvgIpc) is 3.12. The largest absolute Gasteiger partial charge is 0.506 e. The normalized spacial score (nSPS) is 44.6. The molecule has 4 unspecified atom stereocenters. The summed E-state index contributed by atoms with van der Waals surface area (Å²) in [4.78, 5) is 11.8. The second-order valence-electron chi connectivity index (χ2n) is 21.5. The topological polar surface area (TPSA) is 92.8 Å². The highest BCUT2D eigenvalue weighted by Gasteiger charge is 2.70. The number of aromatic carboxylic acids is 1. The van der Waals surface area contributed by atoms with E-state index in [0.717, 1.165) is 53.1 Å². The van der Waals surface area contributed by atoms with Crippen LogP contribution in [0.5, 0.6) is 17.2 Å². The quantitative estimate of drug-likeness (QED) is 0.167. The van der Waals surface area contributed by atoms with E-state index >= 15 is 0 Å². The minimum absolute atomic E-state index is 0.0768. The Hall–Kier alpha value is -3.47. The van der Waals surface area contributed by atoms with E-state index in [1.165, 1.54) is 115 Å². The molecule has 3 aromatic carbocycles. The van der Waals surface area contributed by atoms with Gasteiger partial charge in [-0.1, -0.05) is 18.2 Å². The first-order valence-corrected chi connectivity index (χ1v) is 21.8. The molecule has 0 spiro atoms. The molecule has 15 rings (SSSR count). The van der Waals surface area contributed by atoms with E-state index in [1.54, 1.807) is 23.3 Å². The maximum absolute atomic E-state index is 11.8. The van der Waals surface area contributed by atoms with Crippen molar-refractivity contribution in [3.8, 4) is 17.2 Å². The van der Waals surface area contributed by atoms with Gasteiger partial charge in [0, 0.05) is 6.07 Å². The fourth-order valence-corrected chi connectivity index (χ4v) is 17.9. The van der Waals surface area contributed by atoms with E-state index in [-0.39, 0.29) is 16.6 Å². The van der Waals surface area contributed by atoms with Crippen molar-refractivity contribution >= 4 is 11.7 Å². The predicted molar refractivity (Wildman–Crippen MR) is 210 cm³/mol. The standard InChI is InChI=1S/C49H57NO4/c50-42-8-6-39(17-43(42)51)54-38-5-7-41(40(16-38)44-35-12-28-9-29(14-35)15-36(44)13-28)47-20-32-11-33(21-47)25-49(24-32,27-47)48-22-30-10-31(23-48)19-46(18-30,26-48)37-3-1-34(2-4-37)45(52)53/h1-8,16-17,28-33,35-36,44,51H,9-15,18-27,50H2,(H,52,53). The van der Waals surface area contributed by atoms with E-state index in [4.69, 9.17) is 10.5 Å². The molecule has 0 aromatic heterocycles. The summed E-state index contributed by atoms with van der Waals surface area (Å²) in [5, 5.41) is 20.1. The fraction of sp³-hybridized carbons (Fsp3) is 0.612. The fourth-order valence-electron chi connectivity index (χ4n) is 17.9. The summed E-state index contributed by atoms with van der Waals surface area (Å²) in [6, 6.07) is 20.8. The van der Waals surface area contributed by atoms with Gasteiger partial charge in [-0.05, 0) is 237 Å². The lowest BCUT2D eigenvalue weighted by Gasteiger charge is -2.74. The highest BCUT2D eigenvalue weighted by atomic mass is 16.5. The van der Waals surface area contributed by atoms with Crippen LogP contribution in [0.4, 0.5) is 5.69 Å². The molecule has 12 fully saturated rings. The summed E-state index contributed by atoms with van der Waals surface area (Å²) < 4.78 is 6.58. The molecule has 0 saturated heterocycles. The van der Waals surface area contributed by atoms with Crippen LogP contribution in [0, 0.1) is 58.2 Å². The minimum atomic E-state index is -0.820. The number of carboxylic acids is 1. The number of hydrogen-bond donors (Lipinski definition) is 3. The molecule has 5 heteroatoms. The van der Waals surface area contributed by atoms with Gasteiger partial charge in [0.25, 0.3) is 0 Å². The monoisotopic (exact) mass is 723 g/mol. The first-order chi connectivity index (χ1) is 26.1. The summed E-state index contributed by atoms with van der Waals surface area (Å²) >= 11 is 0. The van der Waals surface area contributed by atoms with Crippen LogP contribution in [0.15, 0.2) is 60.7 Å². The van der Waals surface area contributed by atoms with E-state index < -0.39 is 5.97 Å². The number of carboxylic acid groups (broad SMARTS) is 1. The molecule has 12 saturated carbocycles. The second-order valence-corrected chi connectivity index (χ2v) is 21.5. The average molecular weight is 724 g/mol. The van der Waals surface area contributed by atoms with E-state index in [1.807, 2.05) is 18.2 Å². The van der Waals surface area contributed by atoms with Crippen LogP contribution >= 0.6 is 0 Å². The molecular formula is C49H57NO4. The van der Waals surface area contributed by atoms with Gasteiger partial charge in [0.15, 0.2) is 0 Å². The molecule has 12 aliphatic carbocycles. The van der Waals surface area contributed by atoms with E-state index in [2.05, 4.69) is 30.3 Å². The third-order valence-electron chi connectivity index (χ3n) is 18.4. The van der Waals surface area contributed by atoms with Crippen LogP contribution in [-0.4, -0.2) is 16.2 Å². The molecule has 3 aromatic rings. The van der Waals surface area contributed by atoms with Gasteiger partial charge >= 0.3 is 5.97 Å². The lowest BCUT2D eigenvalue weighted by molar-refractivity contribution is -0.212. The number of carbonyl (C=O) groups is 1. The number of ether oxygens (including phenoxy) is 1. The molecule has 0 amide bonds. The molecule has 4 N–H and O–H groups in total. The van der Waals surface area contributed by atoms with Crippen molar-refractivity contribution in [3.63, 3.8) is 0 Å². The molecule has 54 heavy (non-hydrogen) atoms. The van der Waals surface area contributed by atoms with Crippen LogP contribution in [0.25, 0.3) is 0 Å². The number of aromatic hydroxyl groups is 1. The summed E-state index contributed by atoms with van der Waals surface area (Å²) in [7, 11) is 0. The van der Waals surface area contributed by atoms with Gasteiger partial charge in [-0.25, -0.2) is 4.79 Å². The zero-order valence-corrected chi connectivity index (χ0v) is 31.8.